The van der Waals surface area contributed by atoms with E-state index in [4.69, 9.17) is 11.6 Å². The van der Waals surface area contributed by atoms with Gasteiger partial charge in [0.05, 0.1) is 5.02 Å². The Labute approximate surface area is 132 Å². The van der Waals surface area contributed by atoms with Crippen molar-refractivity contribution in [2.75, 3.05) is 24.0 Å². The van der Waals surface area contributed by atoms with Crippen LogP contribution < -0.4 is 10.2 Å². The Kier molecular flexibility index (Phi) is 6.62. The second-order valence-electron chi connectivity index (χ2n) is 6.17. The fourth-order valence-corrected chi connectivity index (χ4v) is 2.78. The van der Waals surface area contributed by atoms with E-state index < -0.39 is 0 Å². The minimum atomic E-state index is 0.0921. The minimum absolute atomic E-state index is 0.0921. The van der Waals surface area contributed by atoms with E-state index in [9.17, 15) is 0 Å². The molecule has 0 spiro atoms. The highest BCUT2D eigenvalue weighted by Crippen LogP contribution is 2.25. The number of pyridine rings is 1. The molecule has 0 aromatic carbocycles. The third-order valence-electron chi connectivity index (χ3n) is 3.10. The highest BCUT2D eigenvalue weighted by molar-refractivity contribution is 7.98. The number of aromatic nitrogens is 1. The van der Waals surface area contributed by atoms with Crippen LogP contribution >= 0.6 is 23.4 Å². The molecule has 0 saturated heterocycles. The van der Waals surface area contributed by atoms with E-state index in [0.717, 1.165) is 23.7 Å². The first-order valence-corrected chi connectivity index (χ1v) is 8.63. The summed E-state index contributed by atoms with van der Waals surface area (Å²) in [7, 11) is 2.04. The second kappa shape index (κ2) is 7.53. The van der Waals surface area contributed by atoms with Crippen molar-refractivity contribution in [3.8, 4) is 0 Å². The molecular formula is C15H26ClN3S. The summed E-state index contributed by atoms with van der Waals surface area (Å²) in [6, 6.07) is 2.42. The zero-order valence-electron chi connectivity index (χ0n) is 13.3. The predicted molar refractivity (Wildman–Crippen MR) is 92.1 cm³/mol. The van der Waals surface area contributed by atoms with Crippen molar-refractivity contribution in [1.82, 2.24) is 10.3 Å². The van der Waals surface area contributed by atoms with Gasteiger partial charge < -0.3 is 10.2 Å². The van der Waals surface area contributed by atoms with Gasteiger partial charge in [0, 0.05) is 37.1 Å². The van der Waals surface area contributed by atoms with Crippen LogP contribution in [0.5, 0.6) is 0 Å². The topological polar surface area (TPSA) is 28.2 Å². The molecule has 20 heavy (non-hydrogen) atoms. The molecule has 0 saturated carbocycles. The first-order chi connectivity index (χ1) is 9.24. The van der Waals surface area contributed by atoms with Gasteiger partial charge in [-0.25, -0.2) is 4.98 Å². The van der Waals surface area contributed by atoms with Crippen LogP contribution in [0, 0.1) is 0 Å². The van der Waals surface area contributed by atoms with E-state index in [-0.39, 0.29) is 5.54 Å². The van der Waals surface area contributed by atoms with Crippen LogP contribution in [-0.2, 0) is 6.54 Å². The number of halogens is 1. The van der Waals surface area contributed by atoms with Crippen molar-refractivity contribution in [3.63, 3.8) is 0 Å². The number of hydrogen-bond donors (Lipinski definition) is 1. The van der Waals surface area contributed by atoms with Gasteiger partial charge in [0.1, 0.15) is 5.82 Å². The summed E-state index contributed by atoms with van der Waals surface area (Å²) in [6.07, 6.45) is 4.02. The van der Waals surface area contributed by atoms with Gasteiger partial charge in [-0.3, -0.25) is 0 Å². The number of nitrogens with one attached hydrogen (secondary N) is 1. The molecule has 0 aliphatic heterocycles. The lowest BCUT2D eigenvalue weighted by Gasteiger charge is -2.26. The van der Waals surface area contributed by atoms with Crippen molar-refractivity contribution in [3.05, 3.63) is 22.8 Å². The van der Waals surface area contributed by atoms with Crippen molar-refractivity contribution < 1.29 is 0 Å². The summed E-state index contributed by atoms with van der Waals surface area (Å²) in [4.78, 5) is 6.67. The second-order valence-corrected chi connectivity index (χ2v) is 7.49. The monoisotopic (exact) mass is 315 g/mol. The fourth-order valence-electron chi connectivity index (χ4n) is 1.76. The molecule has 0 amide bonds. The van der Waals surface area contributed by atoms with E-state index in [2.05, 4.69) is 49.2 Å². The molecule has 0 radical (unpaired) electrons. The van der Waals surface area contributed by atoms with E-state index in [1.807, 2.05) is 31.1 Å². The van der Waals surface area contributed by atoms with Gasteiger partial charge in [0.25, 0.3) is 0 Å². The lowest BCUT2D eigenvalue weighted by atomic mass is 10.1. The number of rotatable bonds is 6. The quantitative estimate of drug-likeness (QED) is 0.864. The Bertz CT molecular complexity index is 432. The Morgan fingerprint density at radius 1 is 1.45 bits per heavy atom. The predicted octanol–water partition coefficient (Wildman–Crippen LogP) is 3.81. The smallest absolute Gasteiger partial charge is 0.147 e. The Balaban J connectivity index is 2.77. The molecule has 114 valence electrons. The molecule has 1 rings (SSSR count). The zero-order chi connectivity index (χ0) is 15.3. The molecule has 5 heteroatoms. The van der Waals surface area contributed by atoms with E-state index in [0.29, 0.717) is 11.1 Å². The van der Waals surface area contributed by atoms with Gasteiger partial charge in [0.2, 0.25) is 0 Å². The molecule has 1 unspecified atom stereocenters. The maximum absolute atomic E-state index is 6.38. The number of nitrogens with zero attached hydrogens (tertiary/aromatic N) is 2. The molecule has 0 bridgehead atoms. The van der Waals surface area contributed by atoms with E-state index in [1.54, 1.807) is 0 Å². The van der Waals surface area contributed by atoms with Crippen LogP contribution in [0.15, 0.2) is 12.3 Å². The molecule has 0 aliphatic rings. The summed E-state index contributed by atoms with van der Waals surface area (Å²) in [6.45, 7) is 9.40. The number of anilines is 1. The summed E-state index contributed by atoms with van der Waals surface area (Å²) >= 11 is 8.21. The third kappa shape index (κ3) is 5.51. The molecule has 1 atom stereocenters. The summed E-state index contributed by atoms with van der Waals surface area (Å²) in [5, 5.41) is 4.16. The fraction of sp³-hybridized carbons (Fsp3) is 0.667. The SMILES string of the molecule is CSCC(C)N(C)c1ncc(CNC(C)(C)C)cc1Cl. The van der Waals surface area contributed by atoms with Gasteiger partial charge in [-0.15, -0.1) is 0 Å². The van der Waals surface area contributed by atoms with Crippen LogP contribution in [0.1, 0.15) is 33.3 Å². The van der Waals surface area contributed by atoms with Gasteiger partial charge in [-0.2, -0.15) is 11.8 Å². The first-order valence-electron chi connectivity index (χ1n) is 6.86. The highest BCUT2D eigenvalue weighted by Gasteiger charge is 2.15. The maximum atomic E-state index is 6.38. The van der Waals surface area contributed by atoms with Gasteiger partial charge >= 0.3 is 0 Å². The maximum Gasteiger partial charge on any atom is 0.147 e. The summed E-state index contributed by atoms with van der Waals surface area (Å²) in [5.41, 5.74) is 1.20. The molecule has 1 heterocycles. The Morgan fingerprint density at radius 2 is 2.10 bits per heavy atom. The summed E-state index contributed by atoms with van der Waals surface area (Å²) in [5.74, 6) is 1.91. The molecule has 3 nitrogen and oxygen atoms in total. The van der Waals surface area contributed by atoms with Crippen molar-refractivity contribution in [2.45, 2.75) is 45.8 Å². The van der Waals surface area contributed by atoms with Crippen LogP contribution in [0.3, 0.4) is 0 Å². The molecule has 1 N–H and O–H groups in total. The average Bonchev–Trinajstić information content (AvgIpc) is 2.35. The highest BCUT2D eigenvalue weighted by atomic mass is 35.5. The Morgan fingerprint density at radius 3 is 2.60 bits per heavy atom. The van der Waals surface area contributed by atoms with Gasteiger partial charge in [-0.1, -0.05) is 11.6 Å². The zero-order valence-corrected chi connectivity index (χ0v) is 14.9. The Hall–Kier alpha value is -0.450. The van der Waals surface area contributed by atoms with Crippen molar-refractivity contribution in [1.29, 1.82) is 0 Å². The van der Waals surface area contributed by atoms with E-state index in [1.165, 1.54) is 0 Å². The number of hydrogen-bond acceptors (Lipinski definition) is 4. The standard InChI is InChI=1S/C15H26ClN3S/c1-11(10-20-6)19(5)14-13(16)7-12(8-17-14)9-18-15(2,3)4/h7-8,11,18H,9-10H2,1-6H3. The van der Waals surface area contributed by atoms with Crippen molar-refractivity contribution >= 4 is 29.2 Å². The lowest BCUT2D eigenvalue weighted by molar-refractivity contribution is 0.424. The minimum Gasteiger partial charge on any atom is -0.355 e. The molecule has 1 aromatic heterocycles. The van der Waals surface area contributed by atoms with Crippen molar-refractivity contribution in [2.24, 2.45) is 0 Å². The molecule has 0 aliphatic carbocycles. The van der Waals surface area contributed by atoms with Gasteiger partial charge in [-0.05, 0) is 45.6 Å². The van der Waals surface area contributed by atoms with Gasteiger partial charge in [0.15, 0.2) is 0 Å². The normalized spacial score (nSPS) is 13.3. The van der Waals surface area contributed by atoms with E-state index >= 15 is 0 Å². The van der Waals surface area contributed by atoms with Crippen LogP contribution in [0.4, 0.5) is 5.82 Å². The molecule has 0 fully saturated rings. The first kappa shape index (κ1) is 17.6. The third-order valence-corrected chi connectivity index (χ3v) is 4.20. The van der Waals surface area contributed by atoms with Crippen LogP contribution in [0.2, 0.25) is 5.02 Å². The lowest BCUT2D eigenvalue weighted by Crippen LogP contribution is -2.35. The molecule has 1 aromatic rings. The largest absolute Gasteiger partial charge is 0.355 e. The van der Waals surface area contributed by atoms with Crippen LogP contribution in [-0.4, -0.2) is 35.6 Å². The van der Waals surface area contributed by atoms with Crippen LogP contribution in [0.25, 0.3) is 0 Å². The summed E-state index contributed by atoms with van der Waals surface area (Å²) < 4.78 is 0. The average molecular weight is 316 g/mol. The molecular weight excluding hydrogens is 290 g/mol. The number of thioether (sulfide) groups is 1.